The van der Waals surface area contributed by atoms with Gasteiger partial charge in [0.25, 0.3) is 0 Å². The summed E-state index contributed by atoms with van der Waals surface area (Å²) in [7, 11) is 0. The van der Waals surface area contributed by atoms with E-state index in [1.54, 1.807) is 12.4 Å². The summed E-state index contributed by atoms with van der Waals surface area (Å²) in [5.74, 6) is 0.913. The van der Waals surface area contributed by atoms with E-state index in [-0.39, 0.29) is 17.7 Å². The predicted octanol–water partition coefficient (Wildman–Crippen LogP) is 3.37. The van der Waals surface area contributed by atoms with E-state index in [1.807, 2.05) is 36.4 Å². The Morgan fingerprint density at radius 3 is 2.76 bits per heavy atom. The lowest BCUT2D eigenvalue weighted by Gasteiger charge is -2.48. The van der Waals surface area contributed by atoms with Gasteiger partial charge in [-0.25, -0.2) is 4.79 Å². The van der Waals surface area contributed by atoms with E-state index in [0.717, 1.165) is 37.0 Å². The number of urea groups is 1. The molecule has 2 N–H and O–H groups in total. The van der Waals surface area contributed by atoms with Crippen LogP contribution in [0.15, 0.2) is 48.8 Å². The molecule has 5 heteroatoms. The third-order valence-corrected chi connectivity index (χ3v) is 5.22. The average Bonchev–Trinajstić information content (AvgIpc) is 2.61. The molecule has 0 unspecified atom stereocenters. The second-order valence-corrected chi connectivity index (χ2v) is 6.94. The van der Waals surface area contributed by atoms with Crippen LogP contribution in [0.5, 0.6) is 5.75 Å². The van der Waals surface area contributed by atoms with Gasteiger partial charge in [-0.15, -0.1) is 0 Å². The first-order chi connectivity index (χ1) is 12.2. The van der Waals surface area contributed by atoms with Crippen molar-refractivity contribution >= 4 is 6.03 Å². The first-order valence-electron chi connectivity index (χ1n) is 8.95. The number of rotatable bonds is 4. The van der Waals surface area contributed by atoms with Crippen molar-refractivity contribution in [1.29, 1.82) is 0 Å². The Morgan fingerprint density at radius 2 is 2.00 bits per heavy atom. The highest BCUT2D eigenvalue weighted by atomic mass is 16.5. The standard InChI is InChI=1S/C20H23N3O2/c24-19(22-13-8-15-6-11-21-12-7-15)23-17-14-20(9-3-10-20)25-18-5-2-1-4-16(17)18/h1-2,4-7,11-12,17H,3,8-10,13-14H2,(H2,22,23,24)/t17-/m1/s1. The van der Waals surface area contributed by atoms with Crippen LogP contribution in [0.1, 0.15) is 42.9 Å². The molecule has 2 heterocycles. The number of carbonyl (C=O) groups excluding carboxylic acids is 1. The van der Waals surface area contributed by atoms with Gasteiger partial charge < -0.3 is 15.4 Å². The molecular weight excluding hydrogens is 314 g/mol. The minimum atomic E-state index is -0.120. The predicted molar refractivity (Wildman–Crippen MR) is 95.5 cm³/mol. The molecule has 2 amide bonds. The number of fused-ring (bicyclic) bond motifs is 1. The zero-order valence-electron chi connectivity index (χ0n) is 14.2. The summed E-state index contributed by atoms with van der Waals surface area (Å²) < 4.78 is 6.23. The summed E-state index contributed by atoms with van der Waals surface area (Å²) in [4.78, 5) is 16.4. The van der Waals surface area contributed by atoms with Gasteiger partial charge in [-0.05, 0) is 49.4 Å². The Bertz CT molecular complexity index is 744. The Morgan fingerprint density at radius 1 is 1.20 bits per heavy atom. The van der Waals surface area contributed by atoms with Crippen molar-refractivity contribution in [1.82, 2.24) is 15.6 Å². The maximum atomic E-state index is 12.4. The summed E-state index contributed by atoms with van der Waals surface area (Å²) in [6.45, 7) is 0.603. The molecule has 1 atom stereocenters. The molecule has 1 saturated carbocycles. The number of pyridine rings is 1. The van der Waals surface area contributed by atoms with Crippen LogP contribution >= 0.6 is 0 Å². The highest BCUT2D eigenvalue weighted by Crippen LogP contribution is 2.48. The SMILES string of the molecule is O=C(NCCc1ccncc1)N[C@@H]1CC2(CCC2)Oc2ccccc21. The lowest BCUT2D eigenvalue weighted by molar-refractivity contribution is -0.0355. The number of amides is 2. The van der Waals surface area contributed by atoms with Gasteiger partial charge in [0, 0.05) is 30.9 Å². The molecule has 1 spiro atoms. The first-order valence-corrected chi connectivity index (χ1v) is 8.95. The third kappa shape index (κ3) is 3.45. The quantitative estimate of drug-likeness (QED) is 0.899. The van der Waals surface area contributed by atoms with Crippen LogP contribution < -0.4 is 15.4 Å². The maximum absolute atomic E-state index is 12.4. The van der Waals surface area contributed by atoms with Gasteiger partial charge in [0.1, 0.15) is 11.4 Å². The summed E-state index contributed by atoms with van der Waals surface area (Å²) in [5, 5.41) is 6.10. The molecule has 0 radical (unpaired) electrons. The molecule has 4 rings (SSSR count). The molecule has 5 nitrogen and oxygen atoms in total. The number of ether oxygens (including phenoxy) is 1. The summed E-state index contributed by atoms with van der Waals surface area (Å²) in [6.07, 6.45) is 8.53. The molecule has 130 valence electrons. The van der Waals surface area contributed by atoms with E-state index in [1.165, 1.54) is 12.0 Å². The summed E-state index contributed by atoms with van der Waals surface area (Å²) in [6, 6.07) is 11.9. The molecule has 0 saturated heterocycles. The maximum Gasteiger partial charge on any atom is 0.315 e. The van der Waals surface area contributed by atoms with Crippen molar-refractivity contribution in [2.45, 2.75) is 43.7 Å². The molecule has 2 aromatic rings. The van der Waals surface area contributed by atoms with Gasteiger partial charge in [0.2, 0.25) is 0 Å². The van der Waals surface area contributed by atoms with E-state index in [2.05, 4.69) is 15.6 Å². The van der Waals surface area contributed by atoms with Crippen LogP contribution in [-0.4, -0.2) is 23.2 Å². The number of nitrogens with zero attached hydrogens (tertiary/aromatic N) is 1. The van der Waals surface area contributed by atoms with Crippen LogP contribution in [0.2, 0.25) is 0 Å². The number of aromatic nitrogens is 1. The van der Waals surface area contributed by atoms with Crippen molar-refractivity contribution in [3.63, 3.8) is 0 Å². The van der Waals surface area contributed by atoms with Gasteiger partial charge in [-0.1, -0.05) is 18.2 Å². The second-order valence-electron chi connectivity index (χ2n) is 6.94. The van der Waals surface area contributed by atoms with Crippen LogP contribution in [-0.2, 0) is 6.42 Å². The Hall–Kier alpha value is -2.56. The summed E-state index contributed by atoms with van der Waals surface area (Å²) in [5.41, 5.74) is 2.16. The van der Waals surface area contributed by atoms with Gasteiger partial charge in [-0.3, -0.25) is 4.98 Å². The van der Waals surface area contributed by atoms with Gasteiger partial charge in [-0.2, -0.15) is 0 Å². The fraction of sp³-hybridized carbons (Fsp3) is 0.400. The normalized spacial score (nSPS) is 20.1. The first kappa shape index (κ1) is 15.9. The lowest BCUT2D eigenvalue weighted by atomic mass is 9.73. The Labute approximate surface area is 147 Å². The van der Waals surface area contributed by atoms with E-state index < -0.39 is 0 Å². The minimum Gasteiger partial charge on any atom is -0.487 e. The second kappa shape index (κ2) is 6.75. The zero-order valence-corrected chi connectivity index (χ0v) is 14.2. The van der Waals surface area contributed by atoms with E-state index in [9.17, 15) is 4.79 Å². The number of nitrogens with one attached hydrogen (secondary N) is 2. The number of carbonyl (C=O) groups is 1. The van der Waals surface area contributed by atoms with Crippen molar-refractivity contribution < 1.29 is 9.53 Å². The number of para-hydroxylation sites is 1. The van der Waals surface area contributed by atoms with E-state index in [0.29, 0.717) is 6.54 Å². The molecule has 1 aromatic carbocycles. The Kier molecular flexibility index (Phi) is 4.30. The molecule has 1 aromatic heterocycles. The molecule has 1 aliphatic heterocycles. The van der Waals surface area contributed by atoms with E-state index >= 15 is 0 Å². The molecular formula is C20H23N3O2. The zero-order chi connectivity index (χ0) is 17.1. The van der Waals surface area contributed by atoms with Crippen molar-refractivity contribution in [3.05, 3.63) is 59.9 Å². The molecule has 0 bridgehead atoms. The fourth-order valence-electron chi connectivity index (χ4n) is 3.70. The molecule has 25 heavy (non-hydrogen) atoms. The van der Waals surface area contributed by atoms with Crippen LogP contribution in [0, 0.1) is 0 Å². The lowest BCUT2D eigenvalue weighted by Crippen LogP contribution is -2.51. The summed E-state index contributed by atoms with van der Waals surface area (Å²) >= 11 is 0. The molecule has 1 aliphatic carbocycles. The van der Waals surface area contributed by atoms with E-state index in [4.69, 9.17) is 4.74 Å². The largest absolute Gasteiger partial charge is 0.487 e. The number of hydrogen-bond acceptors (Lipinski definition) is 3. The number of hydrogen-bond donors (Lipinski definition) is 2. The average molecular weight is 337 g/mol. The topological polar surface area (TPSA) is 63.2 Å². The highest BCUT2D eigenvalue weighted by molar-refractivity contribution is 5.74. The highest BCUT2D eigenvalue weighted by Gasteiger charge is 2.45. The van der Waals surface area contributed by atoms with Crippen LogP contribution in [0.3, 0.4) is 0 Å². The van der Waals surface area contributed by atoms with Gasteiger partial charge >= 0.3 is 6.03 Å². The van der Waals surface area contributed by atoms with Crippen LogP contribution in [0.25, 0.3) is 0 Å². The third-order valence-electron chi connectivity index (χ3n) is 5.22. The minimum absolute atomic E-state index is 0.00572. The smallest absolute Gasteiger partial charge is 0.315 e. The Balaban J connectivity index is 1.37. The van der Waals surface area contributed by atoms with Gasteiger partial charge in [0.05, 0.1) is 6.04 Å². The molecule has 2 aliphatic rings. The van der Waals surface area contributed by atoms with Crippen molar-refractivity contribution in [3.8, 4) is 5.75 Å². The molecule has 1 fully saturated rings. The van der Waals surface area contributed by atoms with Gasteiger partial charge in [0.15, 0.2) is 0 Å². The van der Waals surface area contributed by atoms with Crippen LogP contribution in [0.4, 0.5) is 4.79 Å². The van der Waals surface area contributed by atoms with Crippen molar-refractivity contribution in [2.24, 2.45) is 0 Å². The van der Waals surface area contributed by atoms with Crippen molar-refractivity contribution in [2.75, 3.05) is 6.54 Å². The monoisotopic (exact) mass is 337 g/mol. The number of benzene rings is 1. The fourth-order valence-corrected chi connectivity index (χ4v) is 3.70.